The van der Waals surface area contributed by atoms with Gasteiger partial charge in [-0.2, -0.15) is 0 Å². The van der Waals surface area contributed by atoms with Gasteiger partial charge in [0.05, 0.1) is 0 Å². The second kappa shape index (κ2) is 4.56. The number of halogens is 3. The van der Waals surface area contributed by atoms with Crippen molar-refractivity contribution in [1.29, 1.82) is 0 Å². The maximum absolute atomic E-state index is 11.9. The Morgan fingerprint density at radius 1 is 1.29 bits per heavy atom. The van der Waals surface area contributed by atoms with Crippen molar-refractivity contribution >= 4 is 0 Å². The highest BCUT2D eigenvalue weighted by Crippen LogP contribution is 2.29. The van der Waals surface area contributed by atoms with E-state index in [0.29, 0.717) is 18.5 Å². The van der Waals surface area contributed by atoms with Crippen molar-refractivity contribution in [2.75, 3.05) is 0 Å². The molecule has 1 aromatic carbocycles. The Bertz CT molecular complexity index is 374. The van der Waals surface area contributed by atoms with Crippen LogP contribution < -0.4 is 10.1 Å². The van der Waals surface area contributed by atoms with Gasteiger partial charge < -0.3 is 10.1 Å². The highest BCUT2D eigenvalue weighted by molar-refractivity contribution is 5.27. The molecular weight excluding hydrogens is 231 g/mol. The fourth-order valence-electron chi connectivity index (χ4n) is 1.66. The lowest BCUT2D eigenvalue weighted by atomic mass is 10.2. The van der Waals surface area contributed by atoms with Gasteiger partial charge in [-0.25, -0.2) is 0 Å². The summed E-state index contributed by atoms with van der Waals surface area (Å²) in [5, 5.41) is 3.33. The lowest BCUT2D eigenvalue weighted by Crippen LogP contribution is -2.18. The Kier molecular flexibility index (Phi) is 3.28. The van der Waals surface area contributed by atoms with Crippen LogP contribution in [0.25, 0.3) is 0 Å². The van der Waals surface area contributed by atoms with Crippen molar-refractivity contribution in [3.05, 3.63) is 29.8 Å². The van der Waals surface area contributed by atoms with Gasteiger partial charge in [0.1, 0.15) is 5.75 Å². The average Bonchev–Trinajstić information content (AvgIpc) is 2.91. The molecule has 1 aliphatic carbocycles. The molecule has 5 heteroatoms. The number of hydrogen-bond donors (Lipinski definition) is 1. The molecule has 0 bridgehead atoms. The molecule has 2 atom stereocenters. The van der Waals surface area contributed by atoms with Crippen LogP contribution in [0.15, 0.2) is 24.3 Å². The lowest BCUT2D eigenvalue weighted by Gasteiger charge is -2.09. The molecule has 1 N–H and O–H groups in total. The van der Waals surface area contributed by atoms with E-state index in [4.69, 9.17) is 0 Å². The molecule has 0 amide bonds. The second-order valence-electron chi connectivity index (χ2n) is 4.39. The van der Waals surface area contributed by atoms with Crippen LogP contribution >= 0.6 is 0 Å². The first-order valence-corrected chi connectivity index (χ1v) is 5.52. The molecule has 1 saturated carbocycles. The normalized spacial score (nSPS) is 23.5. The zero-order valence-electron chi connectivity index (χ0n) is 9.42. The maximum Gasteiger partial charge on any atom is 0.573 e. The fourth-order valence-corrected chi connectivity index (χ4v) is 1.66. The predicted molar refractivity (Wildman–Crippen MR) is 57.5 cm³/mol. The fraction of sp³-hybridized carbons (Fsp3) is 0.500. The number of ether oxygens (including phenoxy) is 1. The van der Waals surface area contributed by atoms with Gasteiger partial charge in [-0.05, 0) is 30.0 Å². The third-order valence-corrected chi connectivity index (χ3v) is 2.83. The number of hydrogen-bond acceptors (Lipinski definition) is 2. The molecule has 0 saturated heterocycles. The average molecular weight is 245 g/mol. The van der Waals surface area contributed by atoms with E-state index in [1.54, 1.807) is 12.1 Å². The third kappa shape index (κ3) is 3.93. The van der Waals surface area contributed by atoms with Crippen LogP contribution in [0.5, 0.6) is 5.75 Å². The molecule has 1 aromatic rings. The molecule has 2 unspecified atom stereocenters. The quantitative estimate of drug-likeness (QED) is 0.880. The minimum atomic E-state index is -4.62. The first-order valence-electron chi connectivity index (χ1n) is 5.52. The van der Waals surface area contributed by atoms with Crippen LogP contribution in [0.3, 0.4) is 0 Å². The van der Waals surface area contributed by atoms with Crippen LogP contribution in [0.2, 0.25) is 0 Å². The van der Waals surface area contributed by atoms with E-state index in [1.807, 2.05) is 0 Å². The Morgan fingerprint density at radius 2 is 1.88 bits per heavy atom. The van der Waals surface area contributed by atoms with Crippen molar-refractivity contribution in [2.45, 2.75) is 32.3 Å². The molecule has 1 fully saturated rings. The summed E-state index contributed by atoms with van der Waals surface area (Å²) in [6.45, 7) is 2.85. The highest BCUT2D eigenvalue weighted by Gasteiger charge is 2.32. The van der Waals surface area contributed by atoms with E-state index in [-0.39, 0.29) is 5.75 Å². The summed E-state index contributed by atoms with van der Waals surface area (Å²) in [5.41, 5.74) is 0.957. The highest BCUT2D eigenvalue weighted by atomic mass is 19.4. The zero-order chi connectivity index (χ0) is 12.5. The summed E-state index contributed by atoms with van der Waals surface area (Å²) >= 11 is 0. The van der Waals surface area contributed by atoms with Crippen LogP contribution in [-0.4, -0.2) is 12.4 Å². The monoisotopic (exact) mass is 245 g/mol. The second-order valence-corrected chi connectivity index (χ2v) is 4.39. The van der Waals surface area contributed by atoms with E-state index in [0.717, 1.165) is 5.56 Å². The van der Waals surface area contributed by atoms with Gasteiger partial charge in [0, 0.05) is 12.6 Å². The summed E-state index contributed by atoms with van der Waals surface area (Å²) in [6.07, 6.45) is -3.45. The van der Waals surface area contributed by atoms with E-state index < -0.39 is 6.36 Å². The van der Waals surface area contributed by atoms with Gasteiger partial charge in [0.25, 0.3) is 0 Å². The number of alkyl halides is 3. The largest absolute Gasteiger partial charge is 0.573 e. The van der Waals surface area contributed by atoms with Crippen molar-refractivity contribution < 1.29 is 17.9 Å². The van der Waals surface area contributed by atoms with Crippen LogP contribution in [0.4, 0.5) is 13.2 Å². The Labute approximate surface area is 97.8 Å². The molecule has 0 heterocycles. The number of rotatable bonds is 4. The smallest absolute Gasteiger partial charge is 0.406 e. The Hall–Kier alpha value is -1.23. The van der Waals surface area contributed by atoms with Gasteiger partial charge in [0.2, 0.25) is 0 Å². The van der Waals surface area contributed by atoms with E-state index >= 15 is 0 Å². The standard InChI is InChI=1S/C12H14F3NO/c1-8-6-11(8)16-7-9-2-4-10(5-3-9)17-12(13,14)15/h2-5,8,11,16H,6-7H2,1H3. The van der Waals surface area contributed by atoms with Crippen molar-refractivity contribution in [3.63, 3.8) is 0 Å². The molecule has 0 radical (unpaired) electrons. The molecule has 0 aromatic heterocycles. The predicted octanol–water partition coefficient (Wildman–Crippen LogP) is 3.08. The molecule has 1 aliphatic rings. The van der Waals surface area contributed by atoms with Gasteiger partial charge in [-0.1, -0.05) is 19.1 Å². The van der Waals surface area contributed by atoms with Gasteiger partial charge in [0.15, 0.2) is 0 Å². The SMILES string of the molecule is CC1CC1NCc1ccc(OC(F)(F)F)cc1. The molecule has 2 nitrogen and oxygen atoms in total. The first kappa shape index (κ1) is 12.2. The van der Waals surface area contributed by atoms with Crippen molar-refractivity contribution in [2.24, 2.45) is 5.92 Å². The summed E-state index contributed by atoms with van der Waals surface area (Å²) in [4.78, 5) is 0. The molecule has 2 rings (SSSR count). The topological polar surface area (TPSA) is 21.3 Å². The molecule has 0 aliphatic heterocycles. The van der Waals surface area contributed by atoms with Gasteiger partial charge >= 0.3 is 6.36 Å². The number of benzene rings is 1. The minimum absolute atomic E-state index is 0.180. The molecular formula is C12H14F3NO. The van der Waals surface area contributed by atoms with Gasteiger partial charge in [-0.15, -0.1) is 13.2 Å². The zero-order valence-corrected chi connectivity index (χ0v) is 9.42. The first-order chi connectivity index (χ1) is 7.94. The third-order valence-electron chi connectivity index (χ3n) is 2.83. The van der Waals surface area contributed by atoms with E-state index in [2.05, 4.69) is 17.0 Å². The van der Waals surface area contributed by atoms with Crippen LogP contribution in [0, 0.1) is 5.92 Å². The molecule has 0 spiro atoms. The summed E-state index contributed by atoms with van der Waals surface area (Å²) in [6, 6.07) is 6.50. The molecule has 94 valence electrons. The summed E-state index contributed by atoms with van der Waals surface area (Å²) < 4.78 is 39.5. The van der Waals surface area contributed by atoms with Crippen molar-refractivity contribution in [3.8, 4) is 5.75 Å². The summed E-state index contributed by atoms with van der Waals surface area (Å²) in [7, 11) is 0. The minimum Gasteiger partial charge on any atom is -0.406 e. The molecule has 17 heavy (non-hydrogen) atoms. The van der Waals surface area contributed by atoms with Crippen LogP contribution in [0.1, 0.15) is 18.9 Å². The van der Waals surface area contributed by atoms with Crippen molar-refractivity contribution in [1.82, 2.24) is 5.32 Å². The summed E-state index contributed by atoms with van der Waals surface area (Å²) in [5.74, 6) is 0.531. The lowest BCUT2D eigenvalue weighted by molar-refractivity contribution is -0.274. The Balaban J connectivity index is 1.84. The Morgan fingerprint density at radius 3 is 2.35 bits per heavy atom. The van der Waals surface area contributed by atoms with Crippen LogP contribution in [-0.2, 0) is 6.54 Å². The van der Waals surface area contributed by atoms with E-state index in [9.17, 15) is 13.2 Å². The number of nitrogens with one attached hydrogen (secondary N) is 1. The maximum atomic E-state index is 11.9. The van der Waals surface area contributed by atoms with E-state index in [1.165, 1.54) is 18.6 Å². The van der Waals surface area contributed by atoms with Gasteiger partial charge in [-0.3, -0.25) is 0 Å².